The summed E-state index contributed by atoms with van der Waals surface area (Å²) in [5.74, 6) is 1.17. The van der Waals surface area contributed by atoms with E-state index in [1.165, 1.54) is 18.4 Å². The Morgan fingerprint density at radius 1 is 1.14 bits per heavy atom. The zero-order chi connectivity index (χ0) is 15.4. The first kappa shape index (κ1) is 15.1. The van der Waals surface area contributed by atoms with Gasteiger partial charge >= 0.3 is 0 Å². The lowest BCUT2D eigenvalue weighted by atomic mass is 9.49. The number of aliphatic hydroxyl groups excluding tert-OH is 1. The van der Waals surface area contributed by atoms with Crippen LogP contribution in [0, 0.1) is 11.3 Å². The zero-order valence-electron chi connectivity index (χ0n) is 14.2. The maximum absolute atomic E-state index is 10.5. The number of hydrogen-bond donors (Lipinski definition) is 1. The van der Waals surface area contributed by atoms with Gasteiger partial charge in [0.2, 0.25) is 0 Å². The lowest BCUT2D eigenvalue weighted by molar-refractivity contribution is -0.0731. The second kappa shape index (κ2) is 4.84. The number of fused-ring (bicyclic) bond motifs is 3. The molecule has 0 radical (unpaired) electrons. The number of aliphatic hydroxyl groups is 1. The maximum Gasteiger partial charge on any atom is 0.0594 e. The van der Waals surface area contributed by atoms with Gasteiger partial charge in [0.05, 0.1) is 6.10 Å². The first-order valence-electron chi connectivity index (χ1n) is 8.58. The second-order valence-corrected chi connectivity index (χ2v) is 8.46. The van der Waals surface area contributed by atoms with E-state index in [1.807, 2.05) is 0 Å². The molecule has 1 N–H and O–H groups in total. The summed E-state index contributed by atoms with van der Waals surface area (Å²) in [6, 6.07) is 7.15. The number of rotatable bonds is 1. The van der Waals surface area contributed by atoms with Crippen LogP contribution in [0.1, 0.15) is 76.5 Å². The summed E-state index contributed by atoms with van der Waals surface area (Å²) < 4.78 is 0. The molecule has 1 aromatic rings. The highest BCUT2D eigenvalue weighted by Gasteiger charge is 2.53. The van der Waals surface area contributed by atoms with Crippen LogP contribution in [-0.4, -0.2) is 11.2 Å². The van der Waals surface area contributed by atoms with Crippen molar-refractivity contribution in [2.45, 2.75) is 77.7 Å². The molecular weight excluding hydrogens is 256 g/mol. The van der Waals surface area contributed by atoms with Crippen molar-refractivity contribution in [2.75, 3.05) is 0 Å². The van der Waals surface area contributed by atoms with Crippen molar-refractivity contribution in [1.29, 1.82) is 0 Å². The van der Waals surface area contributed by atoms with Crippen LogP contribution in [0.4, 0.5) is 0 Å². The molecule has 3 atom stereocenters. The fraction of sp³-hybridized carbons (Fsp3) is 0.700. The van der Waals surface area contributed by atoms with Gasteiger partial charge in [-0.05, 0) is 65.0 Å². The Kier molecular flexibility index (Phi) is 3.48. The molecule has 3 rings (SSSR count). The third-order valence-electron chi connectivity index (χ3n) is 6.58. The molecule has 1 nitrogen and oxygen atoms in total. The first-order chi connectivity index (χ1) is 9.76. The van der Waals surface area contributed by atoms with Crippen LogP contribution >= 0.6 is 0 Å². The van der Waals surface area contributed by atoms with E-state index in [0.29, 0.717) is 11.8 Å². The van der Waals surface area contributed by atoms with Crippen molar-refractivity contribution in [1.82, 2.24) is 0 Å². The first-order valence-corrected chi connectivity index (χ1v) is 8.58. The summed E-state index contributed by atoms with van der Waals surface area (Å²) in [5, 5.41) is 10.5. The molecule has 2 aliphatic carbocycles. The van der Waals surface area contributed by atoms with Gasteiger partial charge in [0.1, 0.15) is 0 Å². The molecule has 21 heavy (non-hydrogen) atoms. The predicted molar refractivity (Wildman–Crippen MR) is 88.7 cm³/mol. The molecule has 0 bridgehead atoms. The molecule has 0 unspecified atom stereocenters. The molecule has 0 aromatic heterocycles. The van der Waals surface area contributed by atoms with Crippen molar-refractivity contribution in [2.24, 2.45) is 11.3 Å². The van der Waals surface area contributed by atoms with Gasteiger partial charge in [-0.1, -0.05) is 52.8 Å². The zero-order valence-corrected chi connectivity index (χ0v) is 14.2. The van der Waals surface area contributed by atoms with Crippen molar-refractivity contribution >= 4 is 0 Å². The Morgan fingerprint density at radius 3 is 2.52 bits per heavy atom. The average Bonchev–Trinajstić information content (AvgIpc) is 2.43. The van der Waals surface area contributed by atoms with Crippen LogP contribution in [0.3, 0.4) is 0 Å². The van der Waals surface area contributed by atoms with Crippen LogP contribution in [0.5, 0.6) is 0 Å². The van der Waals surface area contributed by atoms with E-state index in [2.05, 4.69) is 52.8 Å². The van der Waals surface area contributed by atoms with Gasteiger partial charge in [-0.3, -0.25) is 0 Å². The second-order valence-electron chi connectivity index (χ2n) is 8.46. The van der Waals surface area contributed by atoms with Crippen LogP contribution in [0.25, 0.3) is 0 Å². The fourth-order valence-electron chi connectivity index (χ4n) is 5.05. The predicted octanol–water partition coefficient (Wildman–Crippen LogP) is 4.81. The minimum absolute atomic E-state index is 0.0263. The molecule has 1 heteroatoms. The number of benzene rings is 1. The standard InChI is InChI=1S/C20H30O/c1-13(2)15-7-6-14-8-9-17-19(3,4)18(21)10-11-20(17,5)16(14)12-15/h6-7,12-13,17-18,21H,8-11H2,1-5H3/t17-,18-,20+/m0/s1. The van der Waals surface area contributed by atoms with Crippen LogP contribution < -0.4 is 0 Å². The quantitative estimate of drug-likeness (QED) is 0.785. The fourth-order valence-corrected chi connectivity index (χ4v) is 5.05. The van der Waals surface area contributed by atoms with E-state index < -0.39 is 0 Å². The molecule has 0 saturated heterocycles. The van der Waals surface area contributed by atoms with Gasteiger partial charge in [-0.15, -0.1) is 0 Å². The third-order valence-corrected chi connectivity index (χ3v) is 6.58. The van der Waals surface area contributed by atoms with Crippen molar-refractivity contribution < 1.29 is 5.11 Å². The Labute approximate surface area is 129 Å². The maximum atomic E-state index is 10.5. The molecular formula is C20H30O. The highest BCUT2D eigenvalue weighted by molar-refractivity contribution is 5.42. The molecule has 0 amide bonds. The summed E-state index contributed by atoms with van der Waals surface area (Å²) in [4.78, 5) is 0. The van der Waals surface area contributed by atoms with Gasteiger partial charge in [-0.2, -0.15) is 0 Å². The molecule has 0 spiro atoms. The van der Waals surface area contributed by atoms with Crippen LogP contribution in [-0.2, 0) is 11.8 Å². The van der Waals surface area contributed by atoms with Gasteiger partial charge < -0.3 is 5.11 Å². The molecule has 0 heterocycles. The minimum Gasteiger partial charge on any atom is -0.393 e. The van der Waals surface area contributed by atoms with E-state index in [4.69, 9.17) is 0 Å². The molecule has 1 fully saturated rings. The summed E-state index contributed by atoms with van der Waals surface area (Å²) in [6.45, 7) is 11.6. The monoisotopic (exact) mass is 286 g/mol. The van der Waals surface area contributed by atoms with E-state index in [0.717, 1.165) is 12.8 Å². The van der Waals surface area contributed by atoms with Gasteiger partial charge in [0.25, 0.3) is 0 Å². The summed E-state index contributed by atoms with van der Waals surface area (Å²) in [5.41, 5.74) is 4.84. The van der Waals surface area contributed by atoms with Crippen molar-refractivity contribution in [3.05, 3.63) is 34.9 Å². The smallest absolute Gasteiger partial charge is 0.0594 e. The van der Waals surface area contributed by atoms with E-state index >= 15 is 0 Å². The molecule has 116 valence electrons. The largest absolute Gasteiger partial charge is 0.393 e. The van der Waals surface area contributed by atoms with Crippen molar-refractivity contribution in [3.63, 3.8) is 0 Å². The van der Waals surface area contributed by atoms with E-state index in [1.54, 1.807) is 11.1 Å². The SMILES string of the molecule is CC(C)c1ccc2c(c1)[C@@]1(C)CC[C@H](O)C(C)(C)[C@@H]1CC2. The molecule has 2 aliphatic rings. The van der Waals surface area contributed by atoms with Crippen LogP contribution in [0.15, 0.2) is 18.2 Å². The Morgan fingerprint density at radius 2 is 1.86 bits per heavy atom. The lowest BCUT2D eigenvalue weighted by Gasteiger charge is -2.56. The number of aryl methyl sites for hydroxylation is 1. The Balaban J connectivity index is 2.10. The van der Waals surface area contributed by atoms with E-state index in [-0.39, 0.29) is 16.9 Å². The number of hydrogen-bond acceptors (Lipinski definition) is 1. The summed E-state index contributed by atoms with van der Waals surface area (Å²) in [7, 11) is 0. The van der Waals surface area contributed by atoms with Gasteiger partial charge in [-0.25, -0.2) is 0 Å². The molecule has 1 saturated carbocycles. The minimum atomic E-state index is -0.148. The molecule has 0 aliphatic heterocycles. The highest BCUT2D eigenvalue weighted by Crippen LogP contribution is 2.57. The average molecular weight is 286 g/mol. The topological polar surface area (TPSA) is 20.2 Å². The Bertz CT molecular complexity index is 543. The van der Waals surface area contributed by atoms with E-state index in [9.17, 15) is 5.11 Å². The molecule has 1 aromatic carbocycles. The highest BCUT2D eigenvalue weighted by atomic mass is 16.3. The lowest BCUT2D eigenvalue weighted by Crippen LogP contribution is -2.53. The van der Waals surface area contributed by atoms with Crippen LogP contribution in [0.2, 0.25) is 0 Å². The van der Waals surface area contributed by atoms with Gasteiger partial charge in [0.15, 0.2) is 0 Å². The summed E-state index contributed by atoms with van der Waals surface area (Å²) >= 11 is 0. The Hall–Kier alpha value is -0.820. The third kappa shape index (κ3) is 2.16. The van der Waals surface area contributed by atoms with Gasteiger partial charge in [0, 0.05) is 0 Å². The normalized spacial score (nSPS) is 34.4. The summed E-state index contributed by atoms with van der Waals surface area (Å²) in [6.07, 6.45) is 4.30. The van der Waals surface area contributed by atoms with Crippen molar-refractivity contribution in [3.8, 4) is 0 Å².